The summed E-state index contributed by atoms with van der Waals surface area (Å²) in [5.41, 5.74) is 0.0753. The number of guanidine groups is 1. The van der Waals surface area contributed by atoms with Crippen LogP contribution in [0.15, 0.2) is 22.5 Å². The van der Waals surface area contributed by atoms with Crippen molar-refractivity contribution in [3.63, 3.8) is 0 Å². The van der Waals surface area contributed by atoms with Crippen LogP contribution < -0.4 is 10.6 Å². The summed E-state index contributed by atoms with van der Waals surface area (Å²) in [5.74, 6) is 0.930. The van der Waals surface area contributed by atoms with E-state index in [4.69, 9.17) is 4.99 Å². The maximum atomic E-state index is 4.83. The average Bonchev–Trinajstić information content (AvgIpc) is 3.05. The lowest BCUT2D eigenvalue weighted by atomic mass is 9.92. The van der Waals surface area contributed by atoms with Gasteiger partial charge in [-0.2, -0.15) is 0 Å². The molecule has 0 bridgehead atoms. The van der Waals surface area contributed by atoms with Gasteiger partial charge in [-0.25, -0.2) is 0 Å². The fourth-order valence-corrected chi connectivity index (χ4v) is 3.86. The van der Waals surface area contributed by atoms with E-state index < -0.39 is 0 Å². The maximum absolute atomic E-state index is 4.83. The molecule has 0 radical (unpaired) electrons. The van der Waals surface area contributed by atoms with E-state index >= 15 is 0 Å². The number of rotatable bonds is 7. The van der Waals surface area contributed by atoms with Gasteiger partial charge in [0.25, 0.3) is 0 Å². The Kier molecular flexibility index (Phi) is 11.1. The van der Waals surface area contributed by atoms with Crippen LogP contribution >= 0.6 is 35.3 Å². The molecule has 2 rings (SSSR count). The van der Waals surface area contributed by atoms with Crippen molar-refractivity contribution in [3.05, 3.63) is 22.4 Å². The first-order valence-electron chi connectivity index (χ1n) is 9.48. The van der Waals surface area contributed by atoms with E-state index in [1.54, 1.807) is 0 Å². The number of nitrogens with one attached hydrogen (secondary N) is 2. The first-order chi connectivity index (χ1) is 12.0. The fourth-order valence-electron chi connectivity index (χ4n) is 3.02. The van der Waals surface area contributed by atoms with Crippen molar-refractivity contribution < 1.29 is 0 Å². The zero-order chi connectivity index (χ0) is 18.1. The lowest BCUT2D eigenvalue weighted by molar-refractivity contribution is 0.280. The van der Waals surface area contributed by atoms with Crippen LogP contribution in [0.4, 0.5) is 0 Å². The first-order valence-corrected chi connectivity index (χ1v) is 10.4. The van der Waals surface area contributed by atoms with Crippen LogP contribution in [0.1, 0.15) is 32.1 Å². The molecule has 1 aliphatic heterocycles. The van der Waals surface area contributed by atoms with E-state index in [-0.39, 0.29) is 29.4 Å². The number of nitrogens with zero attached hydrogens (tertiary/aromatic N) is 3. The molecule has 1 aromatic heterocycles. The summed E-state index contributed by atoms with van der Waals surface area (Å²) < 4.78 is 0. The SMILES string of the molecule is CCNC(=NCC(C)(C)c1cccs1)NCCN1CCCN(C)CC1.I. The van der Waals surface area contributed by atoms with Crippen LogP contribution in [0.5, 0.6) is 0 Å². The second-order valence-corrected chi connectivity index (χ2v) is 8.43. The van der Waals surface area contributed by atoms with Crippen molar-refractivity contribution >= 4 is 41.3 Å². The lowest BCUT2D eigenvalue weighted by Gasteiger charge is -2.23. The minimum absolute atomic E-state index is 0. The topological polar surface area (TPSA) is 42.9 Å². The van der Waals surface area contributed by atoms with Crippen molar-refractivity contribution in [3.8, 4) is 0 Å². The third-order valence-corrected chi connectivity index (χ3v) is 5.93. The Hall–Kier alpha value is -0.380. The Labute approximate surface area is 180 Å². The molecule has 0 spiro atoms. The molecule has 2 heterocycles. The van der Waals surface area contributed by atoms with Crippen LogP contribution in [0, 0.1) is 0 Å². The lowest BCUT2D eigenvalue weighted by Crippen LogP contribution is -2.42. The predicted octanol–water partition coefficient (Wildman–Crippen LogP) is 2.84. The number of hydrogen-bond donors (Lipinski definition) is 2. The van der Waals surface area contributed by atoms with Gasteiger partial charge in [0.05, 0.1) is 6.54 Å². The van der Waals surface area contributed by atoms with E-state index in [2.05, 4.69) is 65.8 Å². The number of halogens is 1. The smallest absolute Gasteiger partial charge is 0.191 e. The van der Waals surface area contributed by atoms with Gasteiger partial charge in [0.1, 0.15) is 0 Å². The van der Waals surface area contributed by atoms with Crippen molar-refractivity contribution in [1.82, 2.24) is 20.4 Å². The maximum Gasteiger partial charge on any atom is 0.191 e. The zero-order valence-corrected chi connectivity index (χ0v) is 19.9. The van der Waals surface area contributed by atoms with Crippen molar-refractivity contribution in [2.45, 2.75) is 32.6 Å². The van der Waals surface area contributed by atoms with Crippen LogP contribution in [-0.4, -0.2) is 75.2 Å². The van der Waals surface area contributed by atoms with Gasteiger partial charge in [0, 0.05) is 43.0 Å². The van der Waals surface area contributed by atoms with Crippen LogP contribution in [-0.2, 0) is 5.41 Å². The molecule has 0 unspecified atom stereocenters. The molecule has 7 heteroatoms. The minimum Gasteiger partial charge on any atom is -0.357 e. The van der Waals surface area contributed by atoms with Gasteiger partial charge in [-0.05, 0) is 44.9 Å². The third kappa shape index (κ3) is 8.10. The van der Waals surface area contributed by atoms with E-state index in [0.717, 1.165) is 38.7 Å². The highest BCUT2D eigenvalue weighted by molar-refractivity contribution is 14.0. The summed E-state index contributed by atoms with van der Waals surface area (Å²) in [6.45, 7) is 15.1. The Morgan fingerprint density at radius 1 is 1.23 bits per heavy atom. The molecule has 0 amide bonds. The van der Waals surface area contributed by atoms with Crippen molar-refractivity contribution in [2.75, 3.05) is 59.4 Å². The quantitative estimate of drug-likeness (QED) is 0.349. The molecule has 1 fully saturated rings. The van der Waals surface area contributed by atoms with Gasteiger partial charge in [0.2, 0.25) is 0 Å². The summed E-state index contributed by atoms with van der Waals surface area (Å²) in [6.07, 6.45) is 1.26. The summed E-state index contributed by atoms with van der Waals surface area (Å²) in [4.78, 5) is 11.2. The molecular weight excluding hydrogens is 457 g/mol. The highest BCUT2D eigenvalue weighted by Gasteiger charge is 2.21. The second kappa shape index (κ2) is 12.2. The standard InChI is InChI=1S/C19H35N5S.HI/c1-5-20-18(22-16-19(2,3)17-8-6-15-25-17)21-9-12-24-11-7-10-23(4)13-14-24;/h6,8,15H,5,7,9-14,16H2,1-4H3,(H2,20,21,22);1H. The predicted molar refractivity (Wildman–Crippen MR) is 125 cm³/mol. The van der Waals surface area contributed by atoms with Gasteiger partial charge in [-0.3, -0.25) is 4.99 Å². The molecule has 0 aliphatic carbocycles. The van der Waals surface area contributed by atoms with Crippen LogP contribution in [0.3, 0.4) is 0 Å². The highest BCUT2D eigenvalue weighted by Crippen LogP contribution is 2.27. The minimum atomic E-state index is 0. The van der Waals surface area contributed by atoms with Crippen molar-refractivity contribution in [2.24, 2.45) is 4.99 Å². The van der Waals surface area contributed by atoms with Crippen LogP contribution in [0.25, 0.3) is 0 Å². The summed E-state index contributed by atoms with van der Waals surface area (Å²) in [5, 5.41) is 9.02. The molecule has 150 valence electrons. The second-order valence-electron chi connectivity index (χ2n) is 7.48. The Balaban J connectivity index is 0.00000338. The zero-order valence-electron chi connectivity index (χ0n) is 16.8. The number of thiophene rings is 1. The number of aliphatic imine (C=N–C) groups is 1. The fraction of sp³-hybridized carbons (Fsp3) is 0.737. The highest BCUT2D eigenvalue weighted by atomic mass is 127. The summed E-state index contributed by atoms with van der Waals surface area (Å²) in [6, 6.07) is 4.32. The molecule has 0 saturated carbocycles. The largest absolute Gasteiger partial charge is 0.357 e. The molecule has 5 nitrogen and oxygen atoms in total. The normalized spacial score (nSPS) is 17.5. The molecule has 26 heavy (non-hydrogen) atoms. The molecular formula is C19H36IN5S. The molecule has 1 aromatic rings. The average molecular weight is 494 g/mol. The van der Waals surface area contributed by atoms with Crippen LogP contribution in [0.2, 0.25) is 0 Å². The van der Waals surface area contributed by atoms with E-state index in [9.17, 15) is 0 Å². The summed E-state index contributed by atoms with van der Waals surface area (Å²) >= 11 is 1.81. The van der Waals surface area contributed by atoms with Gasteiger partial charge >= 0.3 is 0 Å². The molecule has 0 aromatic carbocycles. The molecule has 1 aliphatic rings. The first kappa shape index (κ1) is 23.7. The van der Waals surface area contributed by atoms with E-state index in [1.165, 1.54) is 30.9 Å². The van der Waals surface area contributed by atoms with Crippen molar-refractivity contribution in [1.29, 1.82) is 0 Å². The van der Waals surface area contributed by atoms with Gasteiger partial charge < -0.3 is 20.4 Å². The molecule has 2 N–H and O–H groups in total. The molecule has 1 saturated heterocycles. The monoisotopic (exact) mass is 493 g/mol. The Morgan fingerprint density at radius 2 is 2.04 bits per heavy atom. The van der Waals surface area contributed by atoms with Gasteiger partial charge in [0.15, 0.2) is 5.96 Å². The van der Waals surface area contributed by atoms with E-state index in [0.29, 0.717) is 0 Å². The Morgan fingerprint density at radius 3 is 2.73 bits per heavy atom. The van der Waals surface area contributed by atoms with Gasteiger partial charge in [-0.15, -0.1) is 35.3 Å². The number of hydrogen-bond acceptors (Lipinski definition) is 4. The van der Waals surface area contributed by atoms with Gasteiger partial charge in [-0.1, -0.05) is 19.9 Å². The third-order valence-electron chi connectivity index (χ3n) is 4.70. The van der Waals surface area contributed by atoms with E-state index in [1.807, 2.05) is 11.3 Å². The summed E-state index contributed by atoms with van der Waals surface area (Å²) in [7, 11) is 2.22. The molecule has 0 atom stereocenters. The number of likely N-dealkylation sites (N-methyl/N-ethyl adjacent to an activating group) is 1. The Bertz CT molecular complexity index is 518.